The molecule has 0 unspecified atom stereocenters. The number of urea groups is 1. The second-order valence-electron chi connectivity index (χ2n) is 9.83. The van der Waals surface area contributed by atoms with Crippen LogP contribution in [0.4, 0.5) is 10.5 Å². The Morgan fingerprint density at radius 1 is 1.10 bits per heavy atom. The minimum atomic E-state index is -3.14. The van der Waals surface area contributed by atoms with Crippen LogP contribution in [-0.2, 0) is 9.84 Å². The molecule has 1 N–H and O–H groups in total. The standard InChI is InChI=1S/C22H34N4O3S/c1-17(2)23-21(27)25-10-8-18(9-11-25)12-24-13-22(14-24)15-26(16-22)19-4-6-20(7-5-19)30(3,28)29/h4-7,17-18H,8-16H2,1-3H3,(H,23,27). The fourth-order valence-electron chi connectivity index (χ4n) is 5.10. The van der Waals surface area contributed by atoms with Gasteiger partial charge in [-0.1, -0.05) is 0 Å². The van der Waals surface area contributed by atoms with Crippen LogP contribution < -0.4 is 10.2 Å². The van der Waals surface area contributed by atoms with Crippen LogP contribution in [0.2, 0.25) is 0 Å². The highest BCUT2D eigenvalue weighted by molar-refractivity contribution is 7.90. The van der Waals surface area contributed by atoms with Crippen molar-refractivity contribution in [1.29, 1.82) is 0 Å². The van der Waals surface area contributed by atoms with E-state index in [4.69, 9.17) is 0 Å². The summed E-state index contributed by atoms with van der Waals surface area (Å²) in [6, 6.07) is 7.51. The summed E-state index contributed by atoms with van der Waals surface area (Å²) in [5.41, 5.74) is 1.52. The van der Waals surface area contributed by atoms with Crippen molar-refractivity contribution in [2.45, 2.75) is 37.6 Å². The molecule has 0 aliphatic carbocycles. The van der Waals surface area contributed by atoms with Crippen molar-refractivity contribution >= 4 is 21.6 Å². The number of rotatable bonds is 5. The molecule has 2 amide bonds. The number of likely N-dealkylation sites (tertiary alicyclic amines) is 2. The third kappa shape index (κ3) is 4.59. The van der Waals surface area contributed by atoms with E-state index in [0.29, 0.717) is 16.2 Å². The van der Waals surface area contributed by atoms with E-state index < -0.39 is 9.84 Å². The molecule has 3 heterocycles. The summed E-state index contributed by atoms with van der Waals surface area (Å²) in [6.45, 7) is 11.3. The van der Waals surface area contributed by atoms with Crippen molar-refractivity contribution in [1.82, 2.24) is 15.1 Å². The molecule has 8 heteroatoms. The van der Waals surface area contributed by atoms with Crippen molar-refractivity contribution in [3.05, 3.63) is 24.3 Å². The molecule has 7 nitrogen and oxygen atoms in total. The fourth-order valence-corrected chi connectivity index (χ4v) is 5.73. The Bertz CT molecular complexity index is 862. The predicted molar refractivity (Wildman–Crippen MR) is 119 cm³/mol. The van der Waals surface area contributed by atoms with Crippen LogP contribution in [0.3, 0.4) is 0 Å². The van der Waals surface area contributed by atoms with Crippen LogP contribution in [0.25, 0.3) is 0 Å². The van der Waals surface area contributed by atoms with Gasteiger partial charge in [0.15, 0.2) is 9.84 Å². The van der Waals surface area contributed by atoms with Gasteiger partial charge in [-0.05, 0) is 56.9 Å². The number of sulfone groups is 1. The zero-order valence-corrected chi connectivity index (χ0v) is 19.1. The van der Waals surface area contributed by atoms with E-state index in [9.17, 15) is 13.2 Å². The van der Waals surface area contributed by atoms with E-state index in [0.717, 1.165) is 64.3 Å². The van der Waals surface area contributed by atoms with Crippen molar-refractivity contribution in [3.8, 4) is 0 Å². The summed E-state index contributed by atoms with van der Waals surface area (Å²) < 4.78 is 23.2. The zero-order valence-electron chi connectivity index (χ0n) is 18.3. The highest BCUT2D eigenvalue weighted by Crippen LogP contribution is 2.42. The first kappa shape index (κ1) is 21.4. The number of nitrogens with zero attached hydrogens (tertiary/aromatic N) is 3. The summed E-state index contributed by atoms with van der Waals surface area (Å²) in [4.78, 5) is 19.4. The van der Waals surface area contributed by atoms with Crippen LogP contribution in [0.1, 0.15) is 26.7 Å². The highest BCUT2D eigenvalue weighted by Gasteiger charge is 2.51. The monoisotopic (exact) mass is 434 g/mol. The number of amides is 2. The average molecular weight is 435 g/mol. The number of nitrogens with one attached hydrogen (secondary N) is 1. The zero-order chi connectivity index (χ0) is 21.5. The number of anilines is 1. The van der Waals surface area contributed by atoms with E-state index in [2.05, 4.69) is 15.1 Å². The van der Waals surface area contributed by atoms with Crippen LogP contribution in [0, 0.1) is 11.3 Å². The van der Waals surface area contributed by atoms with Crippen molar-refractivity contribution in [2.24, 2.45) is 11.3 Å². The lowest BCUT2D eigenvalue weighted by Crippen LogP contribution is -2.72. The molecule has 4 rings (SSSR count). The molecule has 0 saturated carbocycles. The number of carbonyl (C=O) groups excluding carboxylic acids is 1. The molecule has 0 bridgehead atoms. The van der Waals surface area contributed by atoms with Gasteiger partial charge in [0, 0.05) is 69.2 Å². The van der Waals surface area contributed by atoms with Gasteiger partial charge in [-0.15, -0.1) is 0 Å². The lowest BCUT2D eigenvalue weighted by Gasteiger charge is -2.61. The molecule has 3 fully saturated rings. The van der Waals surface area contributed by atoms with E-state index in [-0.39, 0.29) is 12.1 Å². The molecular weight excluding hydrogens is 400 g/mol. The van der Waals surface area contributed by atoms with Gasteiger partial charge < -0.3 is 20.0 Å². The van der Waals surface area contributed by atoms with Gasteiger partial charge in [0.25, 0.3) is 0 Å². The summed E-state index contributed by atoms with van der Waals surface area (Å²) in [5, 5.41) is 2.99. The Balaban J connectivity index is 1.18. The van der Waals surface area contributed by atoms with Gasteiger partial charge in [0.05, 0.1) is 4.90 Å². The Morgan fingerprint density at radius 2 is 1.70 bits per heavy atom. The maximum atomic E-state index is 12.1. The van der Waals surface area contributed by atoms with Crippen LogP contribution in [0.15, 0.2) is 29.2 Å². The van der Waals surface area contributed by atoms with Crippen LogP contribution >= 0.6 is 0 Å². The molecule has 1 aromatic carbocycles. The maximum absolute atomic E-state index is 12.1. The summed E-state index contributed by atoms with van der Waals surface area (Å²) in [5.74, 6) is 0.685. The molecule has 1 spiro atoms. The van der Waals surface area contributed by atoms with E-state index in [1.165, 1.54) is 6.26 Å². The SMILES string of the molecule is CC(C)NC(=O)N1CCC(CN2CC3(C2)CN(c2ccc(S(C)(=O)=O)cc2)C3)CC1. The number of hydrogen-bond donors (Lipinski definition) is 1. The topological polar surface area (TPSA) is 73.0 Å². The average Bonchev–Trinajstić information content (AvgIpc) is 2.62. The van der Waals surface area contributed by atoms with Crippen LogP contribution in [-0.4, -0.2) is 82.4 Å². The number of piperidine rings is 1. The van der Waals surface area contributed by atoms with Crippen molar-refractivity contribution in [2.75, 3.05) is 57.0 Å². The third-order valence-corrected chi connectivity index (χ3v) is 7.76. The van der Waals surface area contributed by atoms with Crippen molar-refractivity contribution in [3.63, 3.8) is 0 Å². The number of benzene rings is 1. The Hall–Kier alpha value is -1.80. The molecule has 0 radical (unpaired) electrons. The van der Waals surface area contributed by atoms with E-state index in [1.54, 1.807) is 12.1 Å². The summed E-state index contributed by atoms with van der Waals surface area (Å²) in [7, 11) is -3.14. The first-order valence-electron chi connectivity index (χ1n) is 11.0. The maximum Gasteiger partial charge on any atom is 0.317 e. The second-order valence-corrected chi connectivity index (χ2v) is 11.8. The van der Waals surface area contributed by atoms with Gasteiger partial charge in [0.2, 0.25) is 0 Å². The lowest BCUT2D eigenvalue weighted by atomic mass is 9.72. The van der Waals surface area contributed by atoms with Gasteiger partial charge in [-0.25, -0.2) is 13.2 Å². The molecule has 3 aliphatic rings. The van der Waals surface area contributed by atoms with E-state index in [1.807, 2.05) is 30.9 Å². The normalized spacial score (nSPS) is 22.1. The first-order chi connectivity index (χ1) is 14.1. The highest BCUT2D eigenvalue weighted by atomic mass is 32.2. The molecule has 0 aromatic heterocycles. The molecule has 166 valence electrons. The minimum absolute atomic E-state index is 0.0745. The molecule has 0 atom stereocenters. The molecule has 1 aromatic rings. The predicted octanol–water partition coefficient (Wildman–Crippen LogP) is 2.04. The molecular formula is C22H34N4O3S. The Kier molecular flexibility index (Phi) is 5.74. The summed E-state index contributed by atoms with van der Waals surface area (Å²) in [6.07, 6.45) is 3.43. The van der Waals surface area contributed by atoms with Gasteiger partial charge >= 0.3 is 6.03 Å². The van der Waals surface area contributed by atoms with E-state index >= 15 is 0 Å². The Morgan fingerprint density at radius 3 is 2.23 bits per heavy atom. The second kappa shape index (κ2) is 8.04. The smallest absolute Gasteiger partial charge is 0.317 e. The summed E-state index contributed by atoms with van der Waals surface area (Å²) >= 11 is 0. The molecule has 30 heavy (non-hydrogen) atoms. The van der Waals surface area contributed by atoms with Crippen molar-refractivity contribution < 1.29 is 13.2 Å². The number of hydrogen-bond acceptors (Lipinski definition) is 5. The Labute approximate surface area is 180 Å². The largest absolute Gasteiger partial charge is 0.370 e. The fraction of sp³-hybridized carbons (Fsp3) is 0.682. The van der Waals surface area contributed by atoms with Gasteiger partial charge in [-0.2, -0.15) is 0 Å². The number of carbonyl (C=O) groups is 1. The lowest BCUT2D eigenvalue weighted by molar-refractivity contribution is -0.0347. The van der Waals surface area contributed by atoms with Crippen LogP contribution in [0.5, 0.6) is 0 Å². The van der Waals surface area contributed by atoms with Gasteiger partial charge in [-0.3, -0.25) is 0 Å². The third-order valence-electron chi connectivity index (χ3n) is 6.63. The minimum Gasteiger partial charge on any atom is -0.370 e. The quantitative estimate of drug-likeness (QED) is 0.768. The molecule has 3 aliphatic heterocycles. The molecule has 3 saturated heterocycles. The van der Waals surface area contributed by atoms with Gasteiger partial charge in [0.1, 0.15) is 0 Å². The first-order valence-corrected chi connectivity index (χ1v) is 12.9.